The number of anilines is 1. The number of carbonyl (C=O) groups is 2. The van der Waals surface area contributed by atoms with Gasteiger partial charge in [-0.3, -0.25) is 14.4 Å². The first-order valence-corrected chi connectivity index (χ1v) is 4.29. The van der Waals surface area contributed by atoms with Gasteiger partial charge in [-0.1, -0.05) is 18.2 Å². The molecule has 0 saturated heterocycles. The molecule has 1 aromatic carbocycles. The maximum absolute atomic E-state index is 11.4. The van der Waals surface area contributed by atoms with E-state index in [2.05, 4.69) is 0 Å². The first kappa shape index (κ1) is 11.2. The molecule has 80 valence electrons. The Morgan fingerprint density at radius 2 is 1.93 bits per heavy atom. The molecular weight excluding hydrogens is 198 g/mol. The third kappa shape index (κ3) is 3.07. The van der Waals surface area contributed by atoms with Crippen LogP contribution in [0.15, 0.2) is 30.3 Å². The number of benzene rings is 1. The minimum absolute atomic E-state index is 0.506. The van der Waals surface area contributed by atoms with Crippen LogP contribution >= 0.6 is 0 Å². The van der Waals surface area contributed by atoms with Gasteiger partial charge in [0.15, 0.2) is 0 Å². The lowest BCUT2D eigenvalue weighted by Crippen LogP contribution is -2.31. The number of carboxylic acid groups (broad SMARTS) is 1. The van der Waals surface area contributed by atoms with Crippen LogP contribution in [-0.2, 0) is 14.4 Å². The minimum Gasteiger partial charge on any atom is -0.481 e. The lowest BCUT2D eigenvalue weighted by molar-refractivity contribution is -0.141. The first-order valence-electron chi connectivity index (χ1n) is 4.29. The zero-order valence-corrected chi connectivity index (χ0v) is 8.21. The summed E-state index contributed by atoms with van der Waals surface area (Å²) in [5.74, 6) is -1.80. The summed E-state index contributed by atoms with van der Waals surface area (Å²) in [7, 11) is 1.31. The SMILES string of the molecule is CON(C(=O)CC(=O)O)c1ccccc1. The number of hydroxylamine groups is 1. The van der Waals surface area contributed by atoms with Crippen LogP contribution < -0.4 is 5.06 Å². The van der Waals surface area contributed by atoms with Crippen molar-refractivity contribution < 1.29 is 19.5 Å². The van der Waals surface area contributed by atoms with Crippen molar-refractivity contribution in [3.8, 4) is 0 Å². The highest BCUT2D eigenvalue weighted by molar-refractivity contribution is 6.01. The standard InChI is InChI=1S/C10H11NO4/c1-15-11(9(12)7-10(13)14)8-5-3-2-4-6-8/h2-6H,7H2,1H3,(H,13,14). The van der Waals surface area contributed by atoms with Crippen LogP contribution in [0.2, 0.25) is 0 Å². The highest BCUT2D eigenvalue weighted by Gasteiger charge is 2.17. The molecule has 5 nitrogen and oxygen atoms in total. The summed E-state index contributed by atoms with van der Waals surface area (Å²) in [5.41, 5.74) is 0.506. The molecule has 0 saturated carbocycles. The fraction of sp³-hybridized carbons (Fsp3) is 0.200. The van der Waals surface area contributed by atoms with Gasteiger partial charge in [-0.2, -0.15) is 5.06 Å². The molecule has 0 unspecified atom stereocenters. The average molecular weight is 209 g/mol. The molecule has 0 radical (unpaired) electrons. The van der Waals surface area contributed by atoms with Gasteiger partial charge in [0.05, 0.1) is 12.8 Å². The van der Waals surface area contributed by atoms with E-state index >= 15 is 0 Å². The molecule has 0 aromatic heterocycles. The Morgan fingerprint density at radius 1 is 1.33 bits per heavy atom. The lowest BCUT2D eigenvalue weighted by Gasteiger charge is -2.18. The van der Waals surface area contributed by atoms with Crippen molar-refractivity contribution in [2.45, 2.75) is 6.42 Å². The zero-order valence-electron chi connectivity index (χ0n) is 8.21. The van der Waals surface area contributed by atoms with Crippen molar-refractivity contribution in [2.24, 2.45) is 0 Å². The Hall–Kier alpha value is -1.88. The Kier molecular flexibility index (Phi) is 3.82. The smallest absolute Gasteiger partial charge is 0.312 e. The van der Waals surface area contributed by atoms with E-state index in [1.807, 2.05) is 0 Å². The number of hydrogen-bond acceptors (Lipinski definition) is 3. The van der Waals surface area contributed by atoms with Crippen LogP contribution in [0.1, 0.15) is 6.42 Å². The van der Waals surface area contributed by atoms with Crippen molar-refractivity contribution in [3.63, 3.8) is 0 Å². The van der Waals surface area contributed by atoms with E-state index in [9.17, 15) is 9.59 Å². The predicted molar refractivity (Wildman–Crippen MR) is 53.2 cm³/mol. The second-order valence-corrected chi connectivity index (χ2v) is 2.78. The number of hydrogen-bond donors (Lipinski definition) is 1. The molecule has 0 bridgehead atoms. The fourth-order valence-corrected chi connectivity index (χ4v) is 1.12. The minimum atomic E-state index is -1.18. The average Bonchev–Trinajstić information content (AvgIpc) is 2.19. The van der Waals surface area contributed by atoms with Gasteiger partial charge in [-0.15, -0.1) is 0 Å². The van der Waals surface area contributed by atoms with Gasteiger partial charge >= 0.3 is 5.97 Å². The summed E-state index contributed by atoms with van der Waals surface area (Å²) in [6.45, 7) is 0. The Labute approximate surface area is 86.8 Å². The molecular formula is C10H11NO4. The third-order valence-electron chi connectivity index (χ3n) is 1.70. The van der Waals surface area contributed by atoms with Gasteiger partial charge in [0.1, 0.15) is 6.42 Å². The summed E-state index contributed by atoms with van der Waals surface area (Å²) >= 11 is 0. The van der Waals surface area contributed by atoms with Crippen molar-refractivity contribution >= 4 is 17.6 Å². The summed E-state index contributed by atoms with van der Waals surface area (Å²) < 4.78 is 0. The first-order chi connectivity index (χ1) is 7.15. The van der Waals surface area contributed by atoms with E-state index in [-0.39, 0.29) is 0 Å². The maximum atomic E-state index is 11.4. The summed E-state index contributed by atoms with van der Waals surface area (Å²) in [6.07, 6.45) is -0.595. The van der Waals surface area contributed by atoms with Gasteiger partial charge in [0.25, 0.3) is 5.91 Å². The van der Waals surface area contributed by atoms with Crippen molar-refractivity contribution in [1.82, 2.24) is 0 Å². The molecule has 1 rings (SSSR count). The monoisotopic (exact) mass is 209 g/mol. The summed E-state index contributed by atoms with van der Waals surface area (Å²) in [6, 6.07) is 8.57. The quantitative estimate of drug-likeness (QED) is 0.594. The second-order valence-electron chi connectivity index (χ2n) is 2.78. The van der Waals surface area contributed by atoms with Gasteiger partial charge < -0.3 is 5.11 Å². The van der Waals surface area contributed by atoms with Gasteiger partial charge in [0.2, 0.25) is 0 Å². The number of rotatable bonds is 4. The molecule has 5 heteroatoms. The van der Waals surface area contributed by atoms with Crippen molar-refractivity contribution in [3.05, 3.63) is 30.3 Å². The number of aliphatic carboxylic acids is 1. The van der Waals surface area contributed by atoms with Crippen molar-refractivity contribution in [1.29, 1.82) is 0 Å². The van der Waals surface area contributed by atoms with Crippen LogP contribution in [0, 0.1) is 0 Å². The van der Waals surface area contributed by atoms with Gasteiger partial charge in [-0.05, 0) is 12.1 Å². The summed E-state index contributed by atoms with van der Waals surface area (Å²) in [5, 5.41) is 9.42. The van der Waals surface area contributed by atoms with E-state index in [0.29, 0.717) is 5.69 Å². The number of para-hydroxylation sites is 1. The van der Waals surface area contributed by atoms with Crippen molar-refractivity contribution in [2.75, 3.05) is 12.2 Å². The number of amides is 1. The molecule has 0 heterocycles. The highest BCUT2D eigenvalue weighted by Crippen LogP contribution is 2.14. The molecule has 1 amide bonds. The van der Waals surface area contributed by atoms with Crippen LogP contribution in [-0.4, -0.2) is 24.1 Å². The lowest BCUT2D eigenvalue weighted by atomic mass is 10.3. The van der Waals surface area contributed by atoms with Gasteiger partial charge in [0, 0.05) is 0 Å². The molecule has 0 atom stereocenters. The Bertz CT molecular complexity index is 350. The normalized spacial score (nSPS) is 9.67. The number of carboxylic acids is 1. The van der Waals surface area contributed by atoms with E-state index in [1.165, 1.54) is 7.11 Å². The molecule has 15 heavy (non-hydrogen) atoms. The number of nitrogens with zero attached hydrogens (tertiary/aromatic N) is 1. The molecule has 0 fully saturated rings. The highest BCUT2D eigenvalue weighted by atomic mass is 16.7. The molecule has 1 N–H and O–H groups in total. The Morgan fingerprint density at radius 3 is 2.40 bits per heavy atom. The van der Waals surface area contributed by atoms with E-state index in [4.69, 9.17) is 9.94 Å². The molecule has 0 aliphatic carbocycles. The third-order valence-corrected chi connectivity index (χ3v) is 1.70. The number of carbonyl (C=O) groups excluding carboxylic acids is 1. The van der Waals surface area contributed by atoms with Crippen LogP contribution in [0.3, 0.4) is 0 Å². The van der Waals surface area contributed by atoms with E-state index < -0.39 is 18.3 Å². The maximum Gasteiger partial charge on any atom is 0.312 e. The summed E-state index contributed by atoms with van der Waals surface area (Å²) in [4.78, 5) is 26.6. The zero-order chi connectivity index (χ0) is 11.3. The Balaban J connectivity index is 2.80. The largest absolute Gasteiger partial charge is 0.481 e. The molecule has 0 spiro atoms. The second kappa shape index (κ2) is 5.11. The van der Waals surface area contributed by atoms with Crippen LogP contribution in [0.5, 0.6) is 0 Å². The fourth-order valence-electron chi connectivity index (χ4n) is 1.12. The molecule has 1 aromatic rings. The van der Waals surface area contributed by atoms with E-state index in [1.54, 1.807) is 30.3 Å². The van der Waals surface area contributed by atoms with Crippen LogP contribution in [0.4, 0.5) is 5.69 Å². The predicted octanol–water partition coefficient (Wildman–Crippen LogP) is 1.06. The molecule has 0 aliphatic rings. The topological polar surface area (TPSA) is 66.8 Å². The van der Waals surface area contributed by atoms with E-state index in [0.717, 1.165) is 5.06 Å². The molecule has 0 aliphatic heterocycles. The van der Waals surface area contributed by atoms with Gasteiger partial charge in [-0.25, -0.2) is 0 Å². The van der Waals surface area contributed by atoms with Crippen LogP contribution in [0.25, 0.3) is 0 Å².